The molecule has 1 heterocycles. The van der Waals surface area contributed by atoms with Crippen LogP contribution >= 0.6 is 36.4 Å². The zero-order valence-electron chi connectivity index (χ0n) is 14.7. The molecule has 8 heteroatoms. The Balaban J connectivity index is 0.00000312. The van der Waals surface area contributed by atoms with Gasteiger partial charge in [0.1, 0.15) is 5.75 Å². The standard InChI is InChI=1S/C18H22ClN3O2.2ClH/c1-3-18(4-2,12-20)17(23)22-14-6-8-15(9-7-14)24-16-10-5-13(19)11-21-16;;/h5-11H,3-4,12,20H2,1-2H3,(H,22,23);2*1H. The lowest BCUT2D eigenvalue weighted by atomic mass is 9.81. The maximum absolute atomic E-state index is 12.5. The fourth-order valence-corrected chi connectivity index (χ4v) is 2.48. The van der Waals surface area contributed by atoms with Crippen molar-refractivity contribution in [3.05, 3.63) is 47.6 Å². The number of aromatic nitrogens is 1. The molecule has 1 aromatic carbocycles. The molecule has 0 saturated heterocycles. The molecule has 2 rings (SSSR count). The normalized spacial score (nSPS) is 10.3. The quantitative estimate of drug-likeness (QED) is 0.655. The zero-order valence-corrected chi connectivity index (χ0v) is 17.1. The number of halogens is 3. The molecule has 0 spiro atoms. The number of carbonyl (C=O) groups excluding carboxylic acids is 1. The van der Waals surface area contributed by atoms with E-state index in [4.69, 9.17) is 22.1 Å². The molecule has 144 valence electrons. The number of benzene rings is 1. The maximum Gasteiger partial charge on any atom is 0.231 e. The first kappa shape index (κ1) is 24.5. The second kappa shape index (κ2) is 11.2. The Morgan fingerprint density at radius 2 is 1.77 bits per heavy atom. The van der Waals surface area contributed by atoms with E-state index >= 15 is 0 Å². The number of nitrogens with zero attached hydrogens (tertiary/aromatic N) is 1. The third kappa shape index (κ3) is 6.02. The molecule has 0 aliphatic heterocycles. The van der Waals surface area contributed by atoms with Gasteiger partial charge in [0.15, 0.2) is 0 Å². The van der Waals surface area contributed by atoms with Crippen LogP contribution < -0.4 is 15.8 Å². The van der Waals surface area contributed by atoms with Crippen LogP contribution in [0.25, 0.3) is 0 Å². The number of hydrogen-bond donors (Lipinski definition) is 2. The molecular formula is C18H24Cl3N3O2. The third-order valence-electron chi connectivity index (χ3n) is 4.26. The van der Waals surface area contributed by atoms with Gasteiger partial charge in [-0.05, 0) is 43.2 Å². The van der Waals surface area contributed by atoms with Crippen molar-refractivity contribution in [1.29, 1.82) is 0 Å². The fourth-order valence-electron chi connectivity index (χ4n) is 2.37. The van der Waals surface area contributed by atoms with Crippen LogP contribution in [0.4, 0.5) is 5.69 Å². The average molecular weight is 421 g/mol. The summed E-state index contributed by atoms with van der Waals surface area (Å²) >= 11 is 5.79. The Morgan fingerprint density at radius 1 is 1.15 bits per heavy atom. The molecule has 0 aliphatic carbocycles. The Labute approximate surface area is 171 Å². The average Bonchev–Trinajstić information content (AvgIpc) is 2.61. The lowest BCUT2D eigenvalue weighted by Crippen LogP contribution is -2.41. The Morgan fingerprint density at radius 3 is 2.23 bits per heavy atom. The van der Waals surface area contributed by atoms with Gasteiger partial charge in [-0.25, -0.2) is 4.98 Å². The van der Waals surface area contributed by atoms with Crippen molar-refractivity contribution in [2.24, 2.45) is 11.1 Å². The fraction of sp³-hybridized carbons (Fsp3) is 0.333. The van der Waals surface area contributed by atoms with E-state index in [-0.39, 0.29) is 30.7 Å². The molecule has 0 unspecified atom stereocenters. The van der Waals surface area contributed by atoms with Crippen LogP contribution in [0.3, 0.4) is 0 Å². The topological polar surface area (TPSA) is 77.2 Å². The second-order valence-corrected chi connectivity index (χ2v) is 6.02. The smallest absolute Gasteiger partial charge is 0.231 e. The van der Waals surface area contributed by atoms with E-state index < -0.39 is 5.41 Å². The molecule has 0 saturated carbocycles. The van der Waals surface area contributed by atoms with Crippen molar-refractivity contribution in [2.45, 2.75) is 26.7 Å². The number of carbonyl (C=O) groups is 1. The van der Waals surface area contributed by atoms with E-state index in [0.717, 1.165) is 0 Å². The summed E-state index contributed by atoms with van der Waals surface area (Å²) in [6, 6.07) is 10.5. The number of nitrogens with one attached hydrogen (secondary N) is 1. The SMILES string of the molecule is CCC(CC)(CN)C(=O)Nc1ccc(Oc2ccc(Cl)cn2)cc1.Cl.Cl. The predicted molar refractivity (Wildman–Crippen MR) is 111 cm³/mol. The molecule has 26 heavy (non-hydrogen) atoms. The van der Waals surface area contributed by atoms with Gasteiger partial charge in [-0.2, -0.15) is 0 Å². The molecule has 1 aromatic heterocycles. The minimum atomic E-state index is -0.525. The van der Waals surface area contributed by atoms with Crippen molar-refractivity contribution in [2.75, 3.05) is 11.9 Å². The van der Waals surface area contributed by atoms with Crippen LogP contribution in [0.2, 0.25) is 5.02 Å². The van der Waals surface area contributed by atoms with Gasteiger partial charge in [0.25, 0.3) is 0 Å². The Hall–Kier alpha value is -1.53. The van der Waals surface area contributed by atoms with Crippen molar-refractivity contribution in [3.8, 4) is 11.6 Å². The molecule has 0 radical (unpaired) electrons. The molecule has 1 amide bonds. The lowest BCUT2D eigenvalue weighted by Gasteiger charge is -2.28. The summed E-state index contributed by atoms with van der Waals surface area (Å²) in [5.41, 5.74) is 5.99. The Kier molecular flexibility index (Phi) is 10.6. The van der Waals surface area contributed by atoms with Crippen molar-refractivity contribution in [1.82, 2.24) is 4.98 Å². The minimum absolute atomic E-state index is 0. The van der Waals surface area contributed by atoms with Crippen LogP contribution in [0.5, 0.6) is 11.6 Å². The van der Waals surface area contributed by atoms with Crippen LogP contribution in [0, 0.1) is 5.41 Å². The monoisotopic (exact) mass is 419 g/mol. The number of ether oxygens (including phenoxy) is 1. The van der Waals surface area contributed by atoms with Gasteiger partial charge in [-0.15, -0.1) is 24.8 Å². The maximum atomic E-state index is 12.5. The first-order valence-corrected chi connectivity index (χ1v) is 8.31. The summed E-state index contributed by atoms with van der Waals surface area (Å²) in [5, 5.41) is 3.48. The van der Waals surface area contributed by atoms with Gasteiger partial charge in [0, 0.05) is 24.5 Å². The molecule has 2 aromatic rings. The summed E-state index contributed by atoms with van der Waals surface area (Å²) in [6.07, 6.45) is 2.93. The molecule has 0 aliphatic rings. The highest BCUT2D eigenvalue weighted by Crippen LogP contribution is 2.28. The summed E-state index contributed by atoms with van der Waals surface area (Å²) in [7, 11) is 0. The van der Waals surface area contributed by atoms with Gasteiger partial charge >= 0.3 is 0 Å². The van der Waals surface area contributed by atoms with E-state index in [1.165, 1.54) is 6.20 Å². The first-order valence-electron chi connectivity index (χ1n) is 7.94. The highest BCUT2D eigenvalue weighted by molar-refractivity contribution is 6.30. The van der Waals surface area contributed by atoms with Crippen molar-refractivity contribution < 1.29 is 9.53 Å². The summed E-state index contributed by atoms with van der Waals surface area (Å²) in [4.78, 5) is 16.6. The number of amides is 1. The van der Waals surface area contributed by atoms with Gasteiger partial charge in [0.05, 0.1) is 10.4 Å². The minimum Gasteiger partial charge on any atom is -0.439 e. The largest absolute Gasteiger partial charge is 0.439 e. The lowest BCUT2D eigenvalue weighted by molar-refractivity contribution is -0.125. The van der Waals surface area contributed by atoms with E-state index in [1.54, 1.807) is 36.4 Å². The number of rotatable bonds is 7. The number of nitrogens with two attached hydrogens (primary N) is 1. The summed E-state index contributed by atoms with van der Waals surface area (Å²) in [5.74, 6) is 1.03. The second-order valence-electron chi connectivity index (χ2n) is 5.59. The van der Waals surface area contributed by atoms with Crippen molar-refractivity contribution in [3.63, 3.8) is 0 Å². The predicted octanol–water partition coefficient (Wildman–Crippen LogP) is 5.07. The molecular weight excluding hydrogens is 397 g/mol. The van der Waals surface area contributed by atoms with Gasteiger partial charge in [0.2, 0.25) is 11.8 Å². The number of hydrogen-bond acceptors (Lipinski definition) is 4. The van der Waals surface area contributed by atoms with Gasteiger partial charge in [-0.3, -0.25) is 4.79 Å². The van der Waals surface area contributed by atoms with E-state index in [1.807, 2.05) is 13.8 Å². The van der Waals surface area contributed by atoms with Crippen LogP contribution in [0.15, 0.2) is 42.6 Å². The molecule has 5 nitrogen and oxygen atoms in total. The van der Waals surface area contributed by atoms with E-state index in [0.29, 0.717) is 41.7 Å². The van der Waals surface area contributed by atoms with Gasteiger partial charge in [-0.1, -0.05) is 25.4 Å². The third-order valence-corrected chi connectivity index (χ3v) is 4.48. The van der Waals surface area contributed by atoms with Crippen LogP contribution in [-0.2, 0) is 4.79 Å². The summed E-state index contributed by atoms with van der Waals surface area (Å²) < 4.78 is 5.62. The van der Waals surface area contributed by atoms with Crippen LogP contribution in [-0.4, -0.2) is 17.4 Å². The van der Waals surface area contributed by atoms with Gasteiger partial charge < -0.3 is 15.8 Å². The number of anilines is 1. The highest BCUT2D eigenvalue weighted by atomic mass is 35.5. The zero-order chi connectivity index (χ0) is 17.6. The summed E-state index contributed by atoms with van der Waals surface area (Å²) in [6.45, 7) is 4.28. The van der Waals surface area contributed by atoms with Crippen molar-refractivity contribution >= 4 is 48.0 Å². The highest BCUT2D eigenvalue weighted by Gasteiger charge is 2.33. The number of pyridine rings is 1. The Bertz CT molecular complexity index is 667. The molecule has 0 bridgehead atoms. The van der Waals surface area contributed by atoms with E-state index in [9.17, 15) is 4.79 Å². The van der Waals surface area contributed by atoms with E-state index in [2.05, 4.69) is 10.3 Å². The first-order chi connectivity index (χ1) is 11.5. The molecule has 3 N–H and O–H groups in total. The molecule has 0 fully saturated rings. The van der Waals surface area contributed by atoms with Crippen LogP contribution in [0.1, 0.15) is 26.7 Å². The molecule has 0 atom stereocenters.